The van der Waals surface area contributed by atoms with Gasteiger partial charge in [-0.3, -0.25) is 4.79 Å². The Morgan fingerprint density at radius 1 is 1.20 bits per heavy atom. The second-order valence-electron chi connectivity index (χ2n) is 4.63. The molecular weight excluding hydrogens is 320 g/mol. The Morgan fingerprint density at radius 3 is 2.75 bits per heavy atom. The number of ketones is 1. The summed E-state index contributed by atoms with van der Waals surface area (Å²) in [6.45, 7) is 1.81. The number of Topliss-reactive ketones (excluding diaryl/α,β-unsaturated/α-hetero) is 1. The van der Waals surface area contributed by atoms with Gasteiger partial charge in [0.15, 0.2) is 5.76 Å². The number of aromatic hydroxyl groups is 1. The van der Waals surface area contributed by atoms with Gasteiger partial charge in [0.1, 0.15) is 11.5 Å². The maximum Gasteiger partial charge on any atom is 0.232 e. The highest BCUT2D eigenvalue weighted by Crippen LogP contribution is 2.34. The van der Waals surface area contributed by atoms with Gasteiger partial charge < -0.3 is 9.84 Å². The number of aryl methyl sites for hydroxylation is 1. The molecule has 0 fully saturated rings. The first kappa shape index (κ1) is 12.9. The molecule has 20 heavy (non-hydrogen) atoms. The van der Waals surface area contributed by atoms with Crippen LogP contribution in [0.5, 0.6) is 11.5 Å². The minimum Gasteiger partial charge on any atom is -0.508 e. The third kappa shape index (κ3) is 2.23. The van der Waals surface area contributed by atoms with Crippen LogP contribution in [0.25, 0.3) is 6.08 Å². The predicted molar refractivity (Wildman–Crippen MR) is 79.9 cm³/mol. The Morgan fingerprint density at radius 2 is 2.00 bits per heavy atom. The topological polar surface area (TPSA) is 46.5 Å². The fraction of sp³-hybridized carbons (Fsp3) is 0.0625. The molecule has 0 aliphatic carbocycles. The normalized spacial score (nSPS) is 15.3. The van der Waals surface area contributed by atoms with Crippen LogP contribution < -0.4 is 4.74 Å². The Labute approximate surface area is 124 Å². The molecule has 4 heteroatoms. The van der Waals surface area contributed by atoms with Crippen molar-refractivity contribution in [1.29, 1.82) is 0 Å². The number of phenols is 1. The summed E-state index contributed by atoms with van der Waals surface area (Å²) in [7, 11) is 0. The van der Waals surface area contributed by atoms with Crippen LogP contribution in [0, 0.1) is 6.92 Å². The van der Waals surface area contributed by atoms with E-state index in [9.17, 15) is 9.90 Å². The minimum atomic E-state index is -0.132. The van der Waals surface area contributed by atoms with Gasteiger partial charge in [-0.15, -0.1) is 0 Å². The summed E-state index contributed by atoms with van der Waals surface area (Å²) in [6, 6.07) is 10.5. The van der Waals surface area contributed by atoms with E-state index in [-0.39, 0.29) is 11.5 Å². The first-order chi connectivity index (χ1) is 9.54. The van der Waals surface area contributed by atoms with E-state index in [0.29, 0.717) is 17.1 Å². The average molecular weight is 331 g/mol. The second kappa shape index (κ2) is 4.80. The van der Waals surface area contributed by atoms with Crippen molar-refractivity contribution in [3.8, 4) is 11.5 Å². The number of benzene rings is 2. The van der Waals surface area contributed by atoms with Crippen LogP contribution >= 0.6 is 15.9 Å². The molecule has 1 aliphatic heterocycles. The molecule has 0 atom stereocenters. The van der Waals surface area contributed by atoms with Crippen molar-refractivity contribution in [2.45, 2.75) is 6.92 Å². The molecule has 100 valence electrons. The molecule has 0 radical (unpaired) electrons. The van der Waals surface area contributed by atoms with Crippen molar-refractivity contribution in [3.05, 3.63) is 63.3 Å². The van der Waals surface area contributed by atoms with Gasteiger partial charge in [0.25, 0.3) is 0 Å². The lowest BCUT2D eigenvalue weighted by Crippen LogP contribution is -1.98. The predicted octanol–water partition coefficient (Wildman–Crippen LogP) is 4.08. The number of rotatable bonds is 1. The van der Waals surface area contributed by atoms with Crippen LogP contribution in [0.3, 0.4) is 0 Å². The van der Waals surface area contributed by atoms with Crippen LogP contribution in [0.2, 0.25) is 0 Å². The molecule has 2 aromatic carbocycles. The fourth-order valence-electron chi connectivity index (χ4n) is 2.08. The molecule has 1 heterocycles. The van der Waals surface area contributed by atoms with E-state index in [1.165, 1.54) is 0 Å². The Kier molecular flexibility index (Phi) is 3.10. The summed E-state index contributed by atoms with van der Waals surface area (Å²) >= 11 is 3.34. The van der Waals surface area contributed by atoms with Crippen LogP contribution in [0.4, 0.5) is 0 Å². The van der Waals surface area contributed by atoms with E-state index in [1.807, 2.05) is 6.07 Å². The van der Waals surface area contributed by atoms with Crippen molar-refractivity contribution in [1.82, 2.24) is 0 Å². The van der Waals surface area contributed by atoms with Crippen molar-refractivity contribution in [2.24, 2.45) is 0 Å². The maximum atomic E-state index is 12.2. The molecule has 0 amide bonds. The van der Waals surface area contributed by atoms with Gasteiger partial charge in [0, 0.05) is 4.47 Å². The van der Waals surface area contributed by atoms with Gasteiger partial charge >= 0.3 is 0 Å². The minimum absolute atomic E-state index is 0.132. The first-order valence-corrected chi connectivity index (χ1v) is 6.87. The second-order valence-corrected chi connectivity index (χ2v) is 5.54. The SMILES string of the molecule is Cc1cc(/C=C2\Oc3ccc(Br)cc3C2=O)ccc1O. The van der Waals surface area contributed by atoms with E-state index in [2.05, 4.69) is 15.9 Å². The summed E-state index contributed by atoms with van der Waals surface area (Å²) < 4.78 is 6.42. The standard InChI is InChI=1S/C16H11BrO3/c1-9-6-10(2-4-13(9)18)7-15-16(19)12-8-11(17)3-5-14(12)20-15/h2-8,18H,1H3/b15-7-. The molecule has 1 N–H and O–H groups in total. The lowest BCUT2D eigenvalue weighted by molar-refractivity contribution is 0.101. The third-order valence-corrected chi connectivity index (χ3v) is 3.64. The highest BCUT2D eigenvalue weighted by Gasteiger charge is 2.27. The zero-order chi connectivity index (χ0) is 14.3. The number of carbonyl (C=O) groups is 1. The van der Waals surface area contributed by atoms with E-state index < -0.39 is 0 Å². The lowest BCUT2D eigenvalue weighted by atomic mass is 10.1. The molecule has 2 aromatic rings. The van der Waals surface area contributed by atoms with Gasteiger partial charge in [-0.2, -0.15) is 0 Å². The Balaban J connectivity index is 1.99. The van der Waals surface area contributed by atoms with Gasteiger partial charge in [0.05, 0.1) is 5.56 Å². The van der Waals surface area contributed by atoms with Crippen LogP contribution in [0.15, 0.2) is 46.6 Å². The smallest absolute Gasteiger partial charge is 0.232 e. The molecular formula is C16H11BrO3. The van der Waals surface area contributed by atoms with Gasteiger partial charge in [-0.05, 0) is 54.5 Å². The summed E-state index contributed by atoms with van der Waals surface area (Å²) in [5.74, 6) is 0.966. The first-order valence-electron chi connectivity index (χ1n) is 6.08. The number of carbonyl (C=O) groups excluding carboxylic acids is 1. The molecule has 3 rings (SSSR count). The highest BCUT2D eigenvalue weighted by molar-refractivity contribution is 9.10. The van der Waals surface area contributed by atoms with Gasteiger partial charge in [-0.25, -0.2) is 0 Å². The van der Waals surface area contributed by atoms with E-state index in [0.717, 1.165) is 15.6 Å². The quantitative estimate of drug-likeness (QED) is 0.801. The van der Waals surface area contributed by atoms with Gasteiger partial charge in [-0.1, -0.05) is 22.0 Å². The Hall–Kier alpha value is -2.07. The summed E-state index contributed by atoms with van der Waals surface area (Å²) in [5.41, 5.74) is 2.13. The monoisotopic (exact) mass is 330 g/mol. The van der Waals surface area contributed by atoms with Crippen molar-refractivity contribution >= 4 is 27.8 Å². The summed E-state index contributed by atoms with van der Waals surface area (Å²) in [4.78, 5) is 12.2. The summed E-state index contributed by atoms with van der Waals surface area (Å²) in [6.07, 6.45) is 1.68. The van der Waals surface area contributed by atoms with Crippen molar-refractivity contribution in [3.63, 3.8) is 0 Å². The van der Waals surface area contributed by atoms with Crippen molar-refractivity contribution < 1.29 is 14.6 Å². The lowest BCUT2D eigenvalue weighted by Gasteiger charge is -2.01. The maximum absolute atomic E-state index is 12.2. The number of hydrogen-bond donors (Lipinski definition) is 1. The third-order valence-electron chi connectivity index (χ3n) is 3.15. The number of phenolic OH excluding ortho intramolecular Hbond substituents is 1. The molecule has 0 aromatic heterocycles. The zero-order valence-electron chi connectivity index (χ0n) is 10.7. The zero-order valence-corrected chi connectivity index (χ0v) is 12.3. The molecule has 0 saturated carbocycles. The number of allylic oxidation sites excluding steroid dienone is 1. The highest BCUT2D eigenvalue weighted by atomic mass is 79.9. The summed E-state index contributed by atoms with van der Waals surface area (Å²) in [5, 5.41) is 9.51. The number of halogens is 1. The molecule has 0 unspecified atom stereocenters. The molecule has 1 aliphatic rings. The molecule has 0 bridgehead atoms. The van der Waals surface area contributed by atoms with E-state index in [1.54, 1.807) is 43.3 Å². The fourth-order valence-corrected chi connectivity index (χ4v) is 2.44. The van der Waals surface area contributed by atoms with E-state index >= 15 is 0 Å². The van der Waals surface area contributed by atoms with Crippen LogP contribution in [-0.2, 0) is 0 Å². The van der Waals surface area contributed by atoms with E-state index in [4.69, 9.17) is 4.74 Å². The van der Waals surface area contributed by atoms with Crippen LogP contribution in [0.1, 0.15) is 21.5 Å². The van der Waals surface area contributed by atoms with Gasteiger partial charge in [0.2, 0.25) is 5.78 Å². The average Bonchev–Trinajstić information content (AvgIpc) is 2.71. The Bertz CT molecular complexity index is 747. The number of hydrogen-bond acceptors (Lipinski definition) is 3. The number of fused-ring (bicyclic) bond motifs is 1. The number of ether oxygens (including phenoxy) is 1. The molecule has 3 nitrogen and oxygen atoms in total. The van der Waals surface area contributed by atoms with Crippen LogP contribution in [-0.4, -0.2) is 10.9 Å². The largest absolute Gasteiger partial charge is 0.508 e. The van der Waals surface area contributed by atoms with Crippen molar-refractivity contribution in [2.75, 3.05) is 0 Å². The molecule has 0 saturated heterocycles. The molecule has 0 spiro atoms.